The molecule has 3 fully saturated rings. The number of rotatable bonds is 5. The minimum Gasteiger partial charge on any atom is -0.381 e. The first-order valence-electron chi connectivity index (χ1n) is 11.9. The number of carbonyl (C=O) groups is 1. The second kappa shape index (κ2) is 10.00. The van der Waals surface area contributed by atoms with Crippen LogP contribution in [0.25, 0.3) is 0 Å². The Kier molecular flexibility index (Phi) is 7.30. The molecule has 1 N–H and O–H groups in total. The Morgan fingerprint density at radius 1 is 1.16 bits per heavy atom. The predicted octanol–water partition coefficient (Wildman–Crippen LogP) is 3.93. The van der Waals surface area contributed by atoms with Crippen LogP contribution in [0, 0.1) is 11.8 Å². The lowest BCUT2D eigenvalue weighted by molar-refractivity contribution is -0.137. The van der Waals surface area contributed by atoms with Crippen LogP contribution in [-0.4, -0.2) is 62.3 Å². The van der Waals surface area contributed by atoms with Gasteiger partial charge in [-0.3, -0.25) is 4.79 Å². The summed E-state index contributed by atoms with van der Waals surface area (Å²) in [6.07, 6.45) is 0.593. The van der Waals surface area contributed by atoms with E-state index in [0.29, 0.717) is 49.9 Å². The summed E-state index contributed by atoms with van der Waals surface area (Å²) in [5.74, 6) is 0.798. The van der Waals surface area contributed by atoms with Gasteiger partial charge in [0.1, 0.15) is 0 Å². The number of amides is 1. The molecule has 0 aromatic heterocycles. The van der Waals surface area contributed by atoms with Crippen molar-refractivity contribution in [3.63, 3.8) is 0 Å². The van der Waals surface area contributed by atoms with Gasteiger partial charge in [-0.05, 0) is 56.2 Å². The van der Waals surface area contributed by atoms with Gasteiger partial charge in [-0.1, -0.05) is 13.0 Å². The van der Waals surface area contributed by atoms with Crippen LogP contribution in [0.3, 0.4) is 0 Å². The van der Waals surface area contributed by atoms with Gasteiger partial charge in [-0.15, -0.1) is 0 Å². The van der Waals surface area contributed by atoms with Gasteiger partial charge >= 0.3 is 6.18 Å². The maximum atomic E-state index is 13.1. The Balaban J connectivity index is 1.27. The van der Waals surface area contributed by atoms with Crippen LogP contribution >= 0.6 is 0 Å². The standard InChI is InChI=1S/C24H34F3N3O2/c1-2-17-16-32-13-8-22(17)28-20-7-6-18(14-20)23(31)30-11-9-29(10-12-30)21-5-3-4-19(15-21)24(25,26)27/h3-5,15,17-18,20,22,28H,2,6-14,16H2,1H3. The summed E-state index contributed by atoms with van der Waals surface area (Å²) in [6.45, 7) is 6.05. The van der Waals surface area contributed by atoms with Crippen molar-refractivity contribution in [1.82, 2.24) is 10.2 Å². The molecule has 32 heavy (non-hydrogen) atoms. The van der Waals surface area contributed by atoms with Crippen LogP contribution in [-0.2, 0) is 15.7 Å². The summed E-state index contributed by atoms with van der Waals surface area (Å²) >= 11 is 0. The molecule has 4 atom stereocenters. The Bertz CT molecular complexity index is 780. The molecule has 8 heteroatoms. The third-order valence-corrected chi connectivity index (χ3v) is 7.36. The predicted molar refractivity (Wildman–Crippen MR) is 118 cm³/mol. The van der Waals surface area contributed by atoms with Crippen molar-refractivity contribution < 1.29 is 22.7 Å². The molecule has 1 amide bonds. The van der Waals surface area contributed by atoms with Gasteiger partial charge in [0, 0.05) is 56.5 Å². The average Bonchev–Trinajstić information content (AvgIpc) is 3.27. The third-order valence-electron chi connectivity index (χ3n) is 7.36. The number of ether oxygens (including phenoxy) is 1. The normalized spacial score (nSPS) is 29.4. The van der Waals surface area contributed by atoms with E-state index in [1.54, 1.807) is 6.07 Å². The first-order valence-corrected chi connectivity index (χ1v) is 11.9. The number of nitrogens with zero attached hydrogens (tertiary/aromatic N) is 2. The van der Waals surface area contributed by atoms with E-state index in [9.17, 15) is 18.0 Å². The van der Waals surface area contributed by atoms with Crippen LogP contribution in [0.2, 0.25) is 0 Å². The monoisotopic (exact) mass is 453 g/mol. The Morgan fingerprint density at radius 2 is 1.94 bits per heavy atom. The fourth-order valence-electron chi connectivity index (χ4n) is 5.40. The topological polar surface area (TPSA) is 44.8 Å². The lowest BCUT2D eigenvalue weighted by Gasteiger charge is -2.37. The lowest BCUT2D eigenvalue weighted by Crippen LogP contribution is -2.50. The van der Waals surface area contributed by atoms with Crippen molar-refractivity contribution in [2.24, 2.45) is 11.8 Å². The summed E-state index contributed by atoms with van der Waals surface area (Å²) in [4.78, 5) is 16.9. The van der Waals surface area contributed by atoms with Crippen LogP contribution in [0.1, 0.15) is 44.6 Å². The Labute approximate surface area is 188 Å². The van der Waals surface area contributed by atoms with Crippen molar-refractivity contribution in [1.29, 1.82) is 0 Å². The molecule has 2 aliphatic heterocycles. The van der Waals surface area contributed by atoms with Crippen LogP contribution < -0.4 is 10.2 Å². The number of hydrogen-bond acceptors (Lipinski definition) is 4. The maximum absolute atomic E-state index is 13.1. The van der Waals surface area contributed by atoms with E-state index in [2.05, 4.69) is 12.2 Å². The molecule has 5 nitrogen and oxygen atoms in total. The van der Waals surface area contributed by atoms with Gasteiger partial charge in [-0.25, -0.2) is 0 Å². The molecule has 2 heterocycles. The molecule has 2 saturated heterocycles. The van der Waals surface area contributed by atoms with E-state index in [1.807, 2.05) is 9.80 Å². The van der Waals surface area contributed by atoms with E-state index < -0.39 is 11.7 Å². The van der Waals surface area contributed by atoms with Gasteiger partial charge in [0.2, 0.25) is 5.91 Å². The molecule has 0 bridgehead atoms. The zero-order valence-corrected chi connectivity index (χ0v) is 18.7. The number of carbonyl (C=O) groups excluding carboxylic acids is 1. The number of alkyl halides is 3. The molecular weight excluding hydrogens is 419 g/mol. The fraction of sp³-hybridized carbons (Fsp3) is 0.708. The second-order valence-electron chi connectivity index (χ2n) is 9.37. The molecule has 1 aromatic rings. The first-order chi connectivity index (χ1) is 15.3. The van der Waals surface area contributed by atoms with Gasteiger partial charge in [0.25, 0.3) is 0 Å². The van der Waals surface area contributed by atoms with Crippen molar-refractivity contribution in [2.45, 2.75) is 57.3 Å². The van der Waals surface area contributed by atoms with E-state index in [4.69, 9.17) is 4.74 Å². The summed E-state index contributed by atoms with van der Waals surface area (Å²) in [5, 5.41) is 3.80. The maximum Gasteiger partial charge on any atom is 0.416 e. The van der Waals surface area contributed by atoms with Gasteiger partial charge in [0.05, 0.1) is 12.2 Å². The summed E-state index contributed by atoms with van der Waals surface area (Å²) in [7, 11) is 0. The van der Waals surface area contributed by atoms with Gasteiger partial charge < -0.3 is 19.9 Å². The van der Waals surface area contributed by atoms with Crippen molar-refractivity contribution >= 4 is 11.6 Å². The molecule has 3 aliphatic rings. The number of nitrogens with one attached hydrogen (secondary N) is 1. The highest BCUT2D eigenvalue weighted by Gasteiger charge is 2.36. The molecular formula is C24H34F3N3O2. The SMILES string of the molecule is CCC1COCCC1NC1CCC(C(=O)N2CCN(c3cccc(C(F)(F)F)c3)CC2)C1. The van der Waals surface area contributed by atoms with Crippen molar-refractivity contribution in [3.05, 3.63) is 29.8 Å². The van der Waals surface area contributed by atoms with Gasteiger partial charge in [-0.2, -0.15) is 13.2 Å². The molecule has 4 unspecified atom stereocenters. The molecule has 1 saturated carbocycles. The van der Waals surface area contributed by atoms with E-state index in [0.717, 1.165) is 51.4 Å². The van der Waals surface area contributed by atoms with Crippen molar-refractivity contribution in [2.75, 3.05) is 44.3 Å². The number of hydrogen-bond donors (Lipinski definition) is 1. The third kappa shape index (κ3) is 5.39. The van der Waals surface area contributed by atoms with E-state index in [-0.39, 0.29) is 11.8 Å². The number of piperazine rings is 1. The Hall–Kier alpha value is -1.80. The van der Waals surface area contributed by atoms with Crippen LogP contribution in [0.4, 0.5) is 18.9 Å². The molecule has 1 aliphatic carbocycles. The van der Waals surface area contributed by atoms with Crippen LogP contribution in [0.5, 0.6) is 0 Å². The lowest BCUT2D eigenvalue weighted by atomic mass is 9.92. The molecule has 4 rings (SSSR count). The molecule has 0 radical (unpaired) electrons. The summed E-state index contributed by atoms with van der Waals surface area (Å²) < 4.78 is 44.7. The largest absolute Gasteiger partial charge is 0.416 e. The minimum atomic E-state index is -4.34. The van der Waals surface area contributed by atoms with Crippen molar-refractivity contribution in [3.8, 4) is 0 Å². The van der Waals surface area contributed by atoms with Gasteiger partial charge in [0.15, 0.2) is 0 Å². The Morgan fingerprint density at radius 3 is 2.66 bits per heavy atom. The highest BCUT2D eigenvalue weighted by Crippen LogP contribution is 2.33. The van der Waals surface area contributed by atoms with E-state index in [1.165, 1.54) is 12.1 Å². The number of halogens is 3. The zero-order valence-electron chi connectivity index (χ0n) is 18.7. The fourth-order valence-corrected chi connectivity index (χ4v) is 5.40. The highest BCUT2D eigenvalue weighted by molar-refractivity contribution is 5.79. The smallest absolute Gasteiger partial charge is 0.381 e. The zero-order chi connectivity index (χ0) is 22.7. The van der Waals surface area contributed by atoms with E-state index >= 15 is 0 Å². The van der Waals surface area contributed by atoms with Crippen LogP contribution in [0.15, 0.2) is 24.3 Å². The number of benzene rings is 1. The summed E-state index contributed by atoms with van der Waals surface area (Å²) in [5.41, 5.74) is -0.0631. The minimum absolute atomic E-state index is 0.0486. The molecule has 178 valence electrons. The average molecular weight is 454 g/mol. The highest BCUT2D eigenvalue weighted by atomic mass is 19.4. The quantitative estimate of drug-likeness (QED) is 0.734. The summed E-state index contributed by atoms with van der Waals surface area (Å²) in [6, 6.07) is 6.31. The first kappa shape index (κ1) is 23.4. The number of anilines is 1. The molecule has 0 spiro atoms. The molecule has 1 aromatic carbocycles. The second-order valence-corrected chi connectivity index (χ2v) is 9.37.